The van der Waals surface area contributed by atoms with E-state index in [1.807, 2.05) is 29.7 Å². The molecule has 1 aromatic carbocycles. The first-order valence-electron chi connectivity index (χ1n) is 9.24. The Bertz CT molecular complexity index is 613. The van der Waals surface area contributed by atoms with Gasteiger partial charge in [0.1, 0.15) is 6.54 Å². The number of carbonyl (C=O) groups excluding carboxylic acids is 1. The Morgan fingerprint density at radius 1 is 1.32 bits per heavy atom. The van der Waals surface area contributed by atoms with Gasteiger partial charge in [-0.05, 0) is 43.1 Å². The Morgan fingerprint density at radius 3 is 2.92 bits per heavy atom. The number of aliphatic imine (C=N–C) groups is 1. The third-order valence-electron chi connectivity index (χ3n) is 4.72. The summed E-state index contributed by atoms with van der Waals surface area (Å²) in [5.74, 6) is 2.11. The molecule has 1 atom stereocenters. The Kier molecular flexibility index (Phi) is 6.62. The number of benzene rings is 1. The van der Waals surface area contributed by atoms with Crippen LogP contribution in [0.1, 0.15) is 30.9 Å². The second-order valence-electron chi connectivity index (χ2n) is 6.55. The van der Waals surface area contributed by atoms with Gasteiger partial charge in [-0.15, -0.1) is 0 Å². The highest BCUT2D eigenvalue weighted by Crippen LogP contribution is 2.25. The van der Waals surface area contributed by atoms with Crippen LogP contribution in [0.15, 0.2) is 29.3 Å². The van der Waals surface area contributed by atoms with Crippen LogP contribution in [-0.2, 0) is 17.8 Å². The van der Waals surface area contributed by atoms with Crippen molar-refractivity contribution >= 4 is 23.6 Å². The van der Waals surface area contributed by atoms with E-state index in [4.69, 9.17) is 0 Å². The highest BCUT2D eigenvalue weighted by Gasteiger charge is 2.20. The van der Waals surface area contributed by atoms with Crippen LogP contribution in [0.2, 0.25) is 0 Å². The van der Waals surface area contributed by atoms with Gasteiger partial charge < -0.3 is 15.5 Å². The fraction of sp³-hybridized carbons (Fsp3) is 0.579. The van der Waals surface area contributed by atoms with Gasteiger partial charge in [-0.2, -0.15) is 11.8 Å². The van der Waals surface area contributed by atoms with Crippen LogP contribution < -0.4 is 10.6 Å². The molecule has 1 fully saturated rings. The van der Waals surface area contributed by atoms with Gasteiger partial charge in [0, 0.05) is 31.4 Å². The number of hydrogen-bond acceptors (Lipinski definition) is 3. The molecule has 136 valence electrons. The number of amides is 1. The monoisotopic (exact) mass is 360 g/mol. The van der Waals surface area contributed by atoms with Crippen molar-refractivity contribution in [2.75, 3.05) is 31.9 Å². The zero-order valence-electron chi connectivity index (χ0n) is 15.0. The van der Waals surface area contributed by atoms with Crippen molar-refractivity contribution in [3.63, 3.8) is 0 Å². The fourth-order valence-corrected chi connectivity index (χ4v) is 4.51. The lowest BCUT2D eigenvalue weighted by Gasteiger charge is -2.28. The van der Waals surface area contributed by atoms with Crippen molar-refractivity contribution in [2.24, 2.45) is 4.99 Å². The largest absolute Gasteiger partial charge is 0.357 e. The normalized spacial score (nSPS) is 20.3. The predicted octanol–water partition coefficient (Wildman–Crippen LogP) is 2.02. The zero-order chi connectivity index (χ0) is 17.5. The van der Waals surface area contributed by atoms with Crippen molar-refractivity contribution in [2.45, 2.75) is 38.0 Å². The molecule has 2 aliphatic heterocycles. The van der Waals surface area contributed by atoms with Gasteiger partial charge in [0.25, 0.3) is 0 Å². The maximum absolute atomic E-state index is 12.5. The standard InChI is InChI=1S/C19H28N4OS/c1-2-20-19(21-12-17-8-5-11-25-17)22-13-18(24)23-10-9-15-6-3-4-7-16(15)14-23/h3-4,6-7,17H,2,5,8-14H2,1H3,(H2,20,21,22). The molecule has 0 bridgehead atoms. The molecule has 3 rings (SSSR count). The van der Waals surface area contributed by atoms with Gasteiger partial charge >= 0.3 is 0 Å². The summed E-state index contributed by atoms with van der Waals surface area (Å²) >= 11 is 2.02. The van der Waals surface area contributed by atoms with E-state index in [9.17, 15) is 4.79 Å². The van der Waals surface area contributed by atoms with E-state index < -0.39 is 0 Å². The minimum atomic E-state index is 0.0990. The number of carbonyl (C=O) groups is 1. The number of rotatable bonds is 5. The minimum Gasteiger partial charge on any atom is -0.357 e. The summed E-state index contributed by atoms with van der Waals surface area (Å²) in [7, 11) is 0. The average Bonchev–Trinajstić information content (AvgIpc) is 3.17. The van der Waals surface area contributed by atoms with E-state index in [0.29, 0.717) is 11.8 Å². The number of guanidine groups is 1. The number of nitrogens with zero attached hydrogens (tertiary/aromatic N) is 2. The van der Waals surface area contributed by atoms with Gasteiger partial charge in [-0.1, -0.05) is 24.3 Å². The second-order valence-corrected chi connectivity index (χ2v) is 7.95. The van der Waals surface area contributed by atoms with Gasteiger partial charge in [0.05, 0.1) is 0 Å². The number of fused-ring (bicyclic) bond motifs is 1. The first kappa shape index (κ1) is 18.1. The second kappa shape index (κ2) is 9.13. The van der Waals surface area contributed by atoms with Crippen LogP contribution >= 0.6 is 11.8 Å². The van der Waals surface area contributed by atoms with E-state index in [2.05, 4.69) is 33.8 Å². The van der Waals surface area contributed by atoms with Gasteiger partial charge in [-0.25, -0.2) is 4.99 Å². The molecule has 1 unspecified atom stereocenters. The van der Waals surface area contributed by atoms with Crippen LogP contribution in [0.5, 0.6) is 0 Å². The molecule has 1 saturated heterocycles. The summed E-state index contributed by atoms with van der Waals surface area (Å²) < 4.78 is 0. The molecule has 5 nitrogen and oxygen atoms in total. The van der Waals surface area contributed by atoms with E-state index in [-0.39, 0.29) is 12.5 Å². The van der Waals surface area contributed by atoms with E-state index in [0.717, 1.165) is 32.0 Å². The fourth-order valence-electron chi connectivity index (χ4n) is 3.31. The van der Waals surface area contributed by atoms with Crippen molar-refractivity contribution < 1.29 is 4.79 Å². The number of thioether (sulfide) groups is 1. The van der Waals surface area contributed by atoms with E-state index >= 15 is 0 Å². The molecule has 0 aromatic heterocycles. The Hall–Kier alpha value is -1.69. The van der Waals surface area contributed by atoms with Gasteiger partial charge in [0.15, 0.2) is 5.96 Å². The molecule has 0 radical (unpaired) electrons. The van der Waals surface area contributed by atoms with Crippen LogP contribution in [0.25, 0.3) is 0 Å². The molecule has 0 saturated carbocycles. The van der Waals surface area contributed by atoms with Crippen LogP contribution in [0.4, 0.5) is 0 Å². The molecule has 1 aromatic rings. The smallest absolute Gasteiger partial charge is 0.244 e. The summed E-state index contributed by atoms with van der Waals surface area (Å²) in [6.45, 7) is 5.46. The molecular formula is C19H28N4OS. The number of nitrogens with one attached hydrogen (secondary N) is 2. The van der Waals surface area contributed by atoms with Gasteiger partial charge in [-0.3, -0.25) is 4.79 Å². The summed E-state index contributed by atoms with van der Waals surface area (Å²) in [6, 6.07) is 8.38. The van der Waals surface area contributed by atoms with Crippen molar-refractivity contribution in [3.8, 4) is 0 Å². The lowest BCUT2D eigenvalue weighted by atomic mass is 10.00. The molecule has 0 spiro atoms. The third kappa shape index (κ3) is 5.14. The predicted molar refractivity (Wildman–Crippen MR) is 105 cm³/mol. The molecule has 0 aliphatic carbocycles. The number of hydrogen-bond donors (Lipinski definition) is 2. The maximum Gasteiger partial charge on any atom is 0.244 e. The van der Waals surface area contributed by atoms with E-state index in [1.165, 1.54) is 29.7 Å². The Balaban J connectivity index is 1.52. The molecular weight excluding hydrogens is 332 g/mol. The first-order chi connectivity index (χ1) is 12.3. The van der Waals surface area contributed by atoms with Crippen molar-refractivity contribution in [1.29, 1.82) is 0 Å². The molecule has 2 N–H and O–H groups in total. The minimum absolute atomic E-state index is 0.0990. The van der Waals surface area contributed by atoms with Crippen LogP contribution in [0.3, 0.4) is 0 Å². The van der Waals surface area contributed by atoms with Crippen molar-refractivity contribution in [3.05, 3.63) is 35.4 Å². The van der Waals surface area contributed by atoms with Crippen molar-refractivity contribution in [1.82, 2.24) is 15.5 Å². The SMILES string of the molecule is CCNC(=NCC(=O)N1CCc2ccccc2C1)NCC1CCCS1. The molecule has 25 heavy (non-hydrogen) atoms. The molecule has 1 amide bonds. The highest BCUT2D eigenvalue weighted by atomic mass is 32.2. The molecule has 2 heterocycles. The lowest BCUT2D eigenvalue weighted by Crippen LogP contribution is -2.42. The average molecular weight is 361 g/mol. The first-order valence-corrected chi connectivity index (χ1v) is 10.3. The van der Waals surface area contributed by atoms with Gasteiger partial charge in [0.2, 0.25) is 5.91 Å². The summed E-state index contributed by atoms with van der Waals surface area (Å²) in [6.07, 6.45) is 3.51. The van der Waals surface area contributed by atoms with E-state index in [1.54, 1.807) is 0 Å². The topological polar surface area (TPSA) is 56.7 Å². The lowest BCUT2D eigenvalue weighted by molar-refractivity contribution is -0.130. The molecule has 2 aliphatic rings. The Morgan fingerprint density at radius 2 is 2.16 bits per heavy atom. The zero-order valence-corrected chi connectivity index (χ0v) is 15.8. The van der Waals surface area contributed by atoms with Crippen LogP contribution in [0, 0.1) is 0 Å². The van der Waals surface area contributed by atoms with Crippen LogP contribution in [-0.4, -0.2) is 53.9 Å². The Labute approximate surface area is 154 Å². The quantitative estimate of drug-likeness (QED) is 0.623. The summed E-state index contributed by atoms with van der Waals surface area (Å²) in [5, 5.41) is 7.29. The molecule has 6 heteroatoms. The highest BCUT2D eigenvalue weighted by molar-refractivity contribution is 8.00. The maximum atomic E-state index is 12.5. The summed E-state index contributed by atoms with van der Waals surface area (Å²) in [5.41, 5.74) is 2.62. The third-order valence-corrected chi connectivity index (χ3v) is 6.12. The summed E-state index contributed by atoms with van der Waals surface area (Å²) in [4.78, 5) is 19.0.